The number of alkyl halides is 1. The fourth-order valence-electron chi connectivity index (χ4n) is 1.55. The van der Waals surface area contributed by atoms with Gasteiger partial charge in [0.15, 0.2) is 0 Å². The van der Waals surface area contributed by atoms with Gasteiger partial charge in [-0.1, -0.05) is 45.4 Å². The highest BCUT2D eigenvalue weighted by Gasteiger charge is 2.06. The quantitative estimate of drug-likeness (QED) is 0.478. The maximum absolute atomic E-state index is 13.2. The predicted octanol–water partition coefficient (Wildman–Crippen LogP) is 4.11. The summed E-state index contributed by atoms with van der Waals surface area (Å²) in [5.74, 6) is -1.04. The molecular weight excluding hydrogens is 207 g/mol. The topological polar surface area (TPSA) is 37.3 Å². The van der Waals surface area contributed by atoms with Gasteiger partial charge >= 0.3 is 5.97 Å². The molecule has 0 heterocycles. The van der Waals surface area contributed by atoms with E-state index < -0.39 is 12.1 Å². The molecule has 0 radical (unpaired) electrons. The van der Waals surface area contributed by atoms with E-state index in [1.807, 2.05) is 0 Å². The second-order valence-electron chi connectivity index (χ2n) is 4.23. The summed E-state index contributed by atoms with van der Waals surface area (Å²) >= 11 is 0. The summed E-state index contributed by atoms with van der Waals surface area (Å²) in [6.07, 6.45) is 7.25. The van der Waals surface area contributed by atoms with Crippen LogP contribution in [0.3, 0.4) is 0 Å². The minimum atomic E-state index is -1.11. The van der Waals surface area contributed by atoms with E-state index in [1.165, 1.54) is 32.3 Å². The first kappa shape index (κ1) is 15.1. The van der Waals surface area contributed by atoms with Crippen LogP contribution in [0.4, 0.5) is 4.39 Å². The zero-order valence-electron chi connectivity index (χ0n) is 10.3. The van der Waals surface area contributed by atoms with Gasteiger partial charge in [0.1, 0.15) is 6.17 Å². The van der Waals surface area contributed by atoms with Gasteiger partial charge in [-0.2, -0.15) is 0 Å². The highest BCUT2D eigenvalue weighted by Crippen LogP contribution is 2.12. The molecular formula is C13H23FO2. The SMILES string of the molecule is CCCCCCCCC(F)C=C(C)C(=O)O. The lowest BCUT2D eigenvalue weighted by Gasteiger charge is -2.04. The van der Waals surface area contributed by atoms with Crippen LogP contribution in [0.25, 0.3) is 0 Å². The van der Waals surface area contributed by atoms with Crippen molar-refractivity contribution in [1.82, 2.24) is 0 Å². The molecule has 0 aliphatic carbocycles. The largest absolute Gasteiger partial charge is 0.478 e. The number of unbranched alkanes of at least 4 members (excludes halogenated alkanes) is 5. The molecule has 0 aliphatic heterocycles. The lowest BCUT2D eigenvalue weighted by atomic mass is 10.1. The normalized spacial score (nSPS) is 13.8. The van der Waals surface area contributed by atoms with E-state index >= 15 is 0 Å². The van der Waals surface area contributed by atoms with Gasteiger partial charge in [0.05, 0.1) is 0 Å². The van der Waals surface area contributed by atoms with Gasteiger partial charge in [0.2, 0.25) is 0 Å². The summed E-state index contributed by atoms with van der Waals surface area (Å²) in [4.78, 5) is 10.4. The Kier molecular flexibility index (Phi) is 8.87. The van der Waals surface area contributed by atoms with Gasteiger partial charge in [0.25, 0.3) is 0 Å². The summed E-state index contributed by atoms with van der Waals surface area (Å²) < 4.78 is 13.2. The van der Waals surface area contributed by atoms with Gasteiger partial charge < -0.3 is 5.11 Å². The van der Waals surface area contributed by atoms with Crippen molar-refractivity contribution < 1.29 is 14.3 Å². The number of hydrogen-bond acceptors (Lipinski definition) is 1. The molecule has 0 bridgehead atoms. The summed E-state index contributed by atoms with van der Waals surface area (Å²) in [6.45, 7) is 3.59. The molecule has 0 rings (SSSR count). The summed E-state index contributed by atoms with van der Waals surface area (Å²) in [7, 11) is 0. The molecule has 3 heteroatoms. The van der Waals surface area contributed by atoms with E-state index in [2.05, 4.69) is 6.92 Å². The van der Waals surface area contributed by atoms with Crippen LogP contribution in [0.5, 0.6) is 0 Å². The highest BCUT2D eigenvalue weighted by atomic mass is 19.1. The van der Waals surface area contributed by atoms with Crippen LogP contribution in [-0.4, -0.2) is 17.2 Å². The first-order valence-corrected chi connectivity index (χ1v) is 6.13. The van der Waals surface area contributed by atoms with Crippen LogP contribution >= 0.6 is 0 Å². The molecule has 16 heavy (non-hydrogen) atoms. The van der Waals surface area contributed by atoms with Crippen molar-refractivity contribution in [3.63, 3.8) is 0 Å². The molecule has 1 unspecified atom stereocenters. The lowest BCUT2D eigenvalue weighted by Crippen LogP contribution is -2.02. The standard InChI is InChI=1S/C13H23FO2/c1-3-4-5-6-7-8-9-12(14)10-11(2)13(15)16/h10,12H,3-9H2,1-2H3,(H,15,16). The minimum absolute atomic E-state index is 0.0958. The Morgan fingerprint density at radius 1 is 1.25 bits per heavy atom. The molecule has 94 valence electrons. The van der Waals surface area contributed by atoms with E-state index in [1.54, 1.807) is 0 Å². The number of hydrogen-bond donors (Lipinski definition) is 1. The van der Waals surface area contributed by atoms with E-state index in [0.717, 1.165) is 19.3 Å². The molecule has 1 atom stereocenters. The summed E-state index contributed by atoms with van der Waals surface area (Å²) in [6, 6.07) is 0. The van der Waals surface area contributed by atoms with Gasteiger partial charge in [-0.15, -0.1) is 0 Å². The van der Waals surface area contributed by atoms with Crippen molar-refractivity contribution >= 4 is 5.97 Å². The van der Waals surface area contributed by atoms with Gasteiger partial charge in [-0.05, 0) is 19.4 Å². The second-order valence-corrected chi connectivity index (χ2v) is 4.23. The Labute approximate surface area is 97.6 Å². The number of allylic oxidation sites excluding steroid dienone is 1. The molecule has 0 aromatic heterocycles. The smallest absolute Gasteiger partial charge is 0.331 e. The van der Waals surface area contributed by atoms with Crippen molar-refractivity contribution in [3.05, 3.63) is 11.6 Å². The third-order valence-electron chi connectivity index (χ3n) is 2.60. The predicted molar refractivity (Wildman–Crippen MR) is 64.3 cm³/mol. The van der Waals surface area contributed by atoms with Crippen LogP contribution in [0.2, 0.25) is 0 Å². The van der Waals surface area contributed by atoms with E-state index in [4.69, 9.17) is 5.11 Å². The number of carboxylic acids is 1. The second kappa shape index (κ2) is 9.37. The number of carbonyl (C=O) groups is 1. The molecule has 0 saturated heterocycles. The Hall–Kier alpha value is -0.860. The van der Waals surface area contributed by atoms with Gasteiger partial charge in [0, 0.05) is 5.57 Å². The summed E-state index contributed by atoms with van der Waals surface area (Å²) in [5, 5.41) is 8.56. The molecule has 0 aliphatic rings. The monoisotopic (exact) mass is 230 g/mol. The Morgan fingerprint density at radius 2 is 1.81 bits per heavy atom. The third-order valence-corrected chi connectivity index (χ3v) is 2.60. The average Bonchev–Trinajstić information content (AvgIpc) is 2.23. The Balaban J connectivity index is 3.54. The van der Waals surface area contributed by atoms with Crippen molar-refractivity contribution in [1.29, 1.82) is 0 Å². The third kappa shape index (κ3) is 8.45. The molecule has 0 aromatic carbocycles. The molecule has 2 nitrogen and oxygen atoms in total. The molecule has 0 spiro atoms. The van der Waals surface area contributed by atoms with E-state index in [-0.39, 0.29) is 5.57 Å². The van der Waals surface area contributed by atoms with Crippen LogP contribution in [-0.2, 0) is 4.79 Å². The van der Waals surface area contributed by atoms with Crippen LogP contribution in [0.1, 0.15) is 58.8 Å². The lowest BCUT2D eigenvalue weighted by molar-refractivity contribution is -0.132. The first-order valence-electron chi connectivity index (χ1n) is 6.13. The zero-order valence-corrected chi connectivity index (χ0v) is 10.3. The molecule has 0 aromatic rings. The number of carboxylic acid groups (broad SMARTS) is 1. The maximum atomic E-state index is 13.2. The Bertz CT molecular complexity index is 224. The van der Waals surface area contributed by atoms with Crippen LogP contribution < -0.4 is 0 Å². The Morgan fingerprint density at radius 3 is 2.38 bits per heavy atom. The van der Waals surface area contributed by atoms with Crippen molar-refractivity contribution in [2.45, 2.75) is 65.0 Å². The first-order chi connectivity index (χ1) is 7.57. The molecule has 0 saturated carbocycles. The van der Waals surface area contributed by atoms with Crippen LogP contribution in [0.15, 0.2) is 11.6 Å². The number of aliphatic carboxylic acids is 1. The fourth-order valence-corrected chi connectivity index (χ4v) is 1.55. The fraction of sp³-hybridized carbons (Fsp3) is 0.769. The number of halogens is 1. The van der Waals surface area contributed by atoms with Gasteiger partial charge in [-0.3, -0.25) is 0 Å². The van der Waals surface area contributed by atoms with Crippen molar-refractivity contribution in [3.8, 4) is 0 Å². The van der Waals surface area contributed by atoms with E-state index in [9.17, 15) is 9.18 Å². The zero-order chi connectivity index (χ0) is 12.4. The average molecular weight is 230 g/mol. The minimum Gasteiger partial charge on any atom is -0.478 e. The molecule has 0 amide bonds. The maximum Gasteiger partial charge on any atom is 0.331 e. The van der Waals surface area contributed by atoms with Gasteiger partial charge in [-0.25, -0.2) is 9.18 Å². The van der Waals surface area contributed by atoms with Crippen molar-refractivity contribution in [2.24, 2.45) is 0 Å². The van der Waals surface area contributed by atoms with Crippen molar-refractivity contribution in [2.75, 3.05) is 0 Å². The highest BCUT2D eigenvalue weighted by molar-refractivity contribution is 5.85. The molecule has 0 fully saturated rings. The number of rotatable bonds is 9. The van der Waals surface area contributed by atoms with E-state index in [0.29, 0.717) is 6.42 Å². The van der Waals surface area contributed by atoms with Crippen LogP contribution in [0, 0.1) is 0 Å². The molecule has 1 N–H and O–H groups in total. The summed E-state index contributed by atoms with van der Waals surface area (Å²) in [5.41, 5.74) is 0.0958.